The topological polar surface area (TPSA) is 0 Å². The molecule has 1 aromatic heterocycles. The second-order valence-corrected chi connectivity index (χ2v) is 4.92. The molecule has 0 saturated carbocycles. The van der Waals surface area contributed by atoms with Gasteiger partial charge in [-0.15, -0.1) is 11.3 Å². The first-order valence-corrected chi connectivity index (χ1v) is 6.13. The molecule has 0 bridgehead atoms. The lowest BCUT2D eigenvalue weighted by Gasteiger charge is -1.90. The lowest BCUT2D eigenvalue weighted by atomic mass is 10.2. The maximum absolute atomic E-state index is 2.13. The Balaban J connectivity index is 1.96. The zero-order chi connectivity index (χ0) is 9.64. The molecular weight excluding hydrogens is 208 g/mol. The molecule has 1 aromatic carbocycles. The lowest BCUT2D eigenvalue weighted by molar-refractivity contribution is 1.66. The zero-order valence-corrected chi connectivity index (χ0v) is 9.22. The van der Waals surface area contributed by atoms with E-state index in [1.165, 1.54) is 9.77 Å². The fraction of sp³-hybridized carbons (Fsp3) is 0. The molecule has 0 atom stereocenters. The predicted molar refractivity (Wildman–Crippen MR) is 65.7 cm³/mol. The van der Waals surface area contributed by atoms with Crippen LogP contribution in [0.15, 0.2) is 57.5 Å². The van der Waals surface area contributed by atoms with Crippen molar-refractivity contribution >= 4 is 29.2 Å². The highest BCUT2D eigenvalue weighted by Gasteiger charge is 1.89. The van der Waals surface area contributed by atoms with E-state index in [0.717, 1.165) is 0 Å². The molecular formula is C12H10S2. The van der Waals surface area contributed by atoms with E-state index in [1.807, 2.05) is 6.07 Å². The van der Waals surface area contributed by atoms with Crippen molar-refractivity contribution in [2.45, 2.75) is 4.21 Å². The van der Waals surface area contributed by atoms with E-state index in [4.69, 9.17) is 0 Å². The van der Waals surface area contributed by atoms with Crippen molar-refractivity contribution in [3.63, 3.8) is 0 Å². The van der Waals surface area contributed by atoms with Crippen molar-refractivity contribution in [1.82, 2.24) is 0 Å². The Morgan fingerprint density at radius 3 is 2.57 bits per heavy atom. The van der Waals surface area contributed by atoms with Crippen molar-refractivity contribution in [2.24, 2.45) is 0 Å². The number of thiophene rings is 1. The van der Waals surface area contributed by atoms with Crippen LogP contribution in [-0.4, -0.2) is 0 Å². The van der Waals surface area contributed by atoms with E-state index in [-0.39, 0.29) is 0 Å². The van der Waals surface area contributed by atoms with Crippen LogP contribution in [0.2, 0.25) is 0 Å². The predicted octanol–water partition coefficient (Wildman–Crippen LogP) is 4.51. The van der Waals surface area contributed by atoms with Gasteiger partial charge in [-0.25, -0.2) is 0 Å². The highest BCUT2D eigenvalue weighted by Crippen LogP contribution is 2.24. The van der Waals surface area contributed by atoms with Gasteiger partial charge in [0, 0.05) is 0 Å². The minimum absolute atomic E-state index is 1.25. The maximum Gasteiger partial charge on any atom is 0.0640 e. The Bertz CT molecular complexity index is 388. The lowest BCUT2D eigenvalue weighted by Crippen LogP contribution is -1.66. The van der Waals surface area contributed by atoms with Crippen molar-refractivity contribution < 1.29 is 0 Å². The normalized spacial score (nSPS) is 10.9. The van der Waals surface area contributed by atoms with Gasteiger partial charge in [0.25, 0.3) is 0 Å². The fourth-order valence-corrected chi connectivity index (χ4v) is 2.59. The quantitative estimate of drug-likeness (QED) is 0.683. The van der Waals surface area contributed by atoms with Crippen molar-refractivity contribution in [3.05, 3.63) is 58.8 Å². The van der Waals surface area contributed by atoms with E-state index >= 15 is 0 Å². The molecule has 2 heteroatoms. The smallest absolute Gasteiger partial charge is 0.0640 e. The van der Waals surface area contributed by atoms with E-state index in [2.05, 4.69) is 53.3 Å². The SMILES string of the molecule is C(=C/c1ccccc1)/Sc1cccs1. The largest absolute Gasteiger partial charge is 0.137 e. The van der Waals surface area contributed by atoms with Crippen LogP contribution in [0, 0.1) is 0 Å². The molecule has 0 saturated heterocycles. The van der Waals surface area contributed by atoms with Crippen LogP contribution in [-0.2, 0) is 0 Å². The molecule has 0 fully saturated rings. The summed E-state index contributed by atoms with van der Waals surface area (Å²) in [6.07, 6.45) is 2.13. The molecule has 2 rings (SSSR count). The first-order valence-electron chi connectivity index (χ1n) is 4.37. The summed E-state index contributed by atoms with van der Waals surface area (Å²) >= 11 is 3.53. The molecule has 0 spiro atoms. The molecule has 0 aliphatic heterocycles. The molecule has 14 heavy (non-hydrogen) atoms. The average molecular weight is 218 g/mol. The van der Waals surface area contributed by atoms with Crippen molar-refractivity contribution in [3.8, 4) is 0 Å². The van der Waals surface area contributed by atoms with Gasteiger partial charge in [0.2, 0.25) is 0 Å². The summed E-state index contributed by atoms with van der Waals surface area (Å²) in [6.45, 7) is 0. The van der Waals surface area contributed by atoms with Crippen LogP contribution < -0.4 is 0 Å². The molecule has 0 unspecified atom stereocenters. The average Bonchev–Trinajstić information content (AvgIpc) is 2.72. The fourth-order valence-electron chi connectivity index (χ4n) is 1.07. The first-order chi connectivity index (χ1) is 6.95. The second-order valence-electron chi connectivity index (χ2n) is 2.76. The van der Waals surface area contributed by atoms with Gasteiger partial charge in [0.05, 0.1) is 4.21 Å². The van der Waals surface area contributed by atoms with Gasteiger partial charge in [0.1, 0.15) is 0 Å². The van der Waals surface area contributed by atoms with Gasteiger partial charge in [0.15, 0.2) is 0 Å². The maximum atomic E-state index is 2.13. The Morgan fingerprint density at radius 2 is 1.86 bits per heavy atom. The molecule has 0 radical (unpaired) electrons. The van der Waals surface area contributed by atoms with Crippen LogP contribution in [0.4, 0.5) is 0 Å². The Labute approximate surface area is 92.3 Å². The van der Waals surface area contributed by atoms with Crippen molar-refractivity contribution in [1.29, 1.82) is 0 Å². The molecule has 2 aromatic rings. The highest BCUT2D eigenvalue weighted by molar-refractivity contribution is 8.04. The number of thioether (sulfide) groups is 1. The van der Waals surface area contributed by atoms with Gasteiger partial charge >= 0.3 is 0 Å². The molecule has 0 aliphatic rings. The van der Waals surface area contributed by atoms with E-state index < -0.39 is 0 Å². The summed E-state index contributed by atoms with van der Waals surface area (Å²) in [7, 11) is 0. The van der Waals surface area contributed by atoms with Gasteiger partial charge in [-0.05, 0) is 28.5 Å². The Morgan fingerprint density at radius 1 is 1.00 bits per heavy atom. The third-order valence-corrected chi connectivity index (χ3v) is 3.62. The summed E-state index contributed by atoms with van der Waals surface area (Å²) in [6, 6.07) is 14.5. The number of benzene rings is 1. The summed E-state index contributed by atoms with van der Waals surface area (Å²) in [5.41, 5.74) is 1.25. The van der Waals surface area contributed by atoms with Crippen LogP contribution in [0.5, 0.6) is 0 Å². The molecule has 1 heterocycles. The van der Waals surface area contributed by atoms with Crippen LogP contribution in [0.25, 0.3) is 6.08 Å². The van der Waals surface area contributed by atoms with Gasteiger partial charge in [-0.2, -0.15) is 0 Å². The summed E-state index contributed by atoms with van der Waals surface area (Å²) < 4.78 is 1.33. The van der Waals surface area contributed by atoms with Crippen molar-refractivity contribution in [2.75, 3.05) is 0 Å². The van der Waals surface area contributed by atoms with Gasteiger partial charge in [-0.1, -0.05) is 48.2 Å². The number of rotatable bonds is 3. The minimum atomic E-state index is 1.25. The van der Waals surface area contributed by atoms with E-state index in [0.29, 0.717) is 0 Å². The molecule has 0 nitrogen and oxygen atoms in total. The monoisotopic (exact) mass is 218 g/mol. The Hall–Kier alpha value is -0.990. The van der Waals surface area contributed by atoms with Gasteiger partial charge in [-0.3, -0.25) is 0 Å². The van der Waals surface area contributed by atoms with E-state index in [1.54, 1.807) is 23.1 Å². The van der Waals surface area contributed by atoms with Crippen LogP contribution in [0.1, 0.15) is 5.56 Å². The van der Waals surface area contributed by atoms with Gasteiger partial charge < -0.3 is 0 Å². The summed E-state index contributed by atoms with van der Waals surface area (Å²) in [4.78, 5) is 0. The minimum Gasteiger partial charge on any atom is -0.137 e. The molecule has 0 aliphatic carbocycles. The highest BCUT2D eigenvalue weighted by atomic mass is 32.2. The number of hydrogen-bond donors (Lipinski definition) is 0. The summed E-state index contributed by atoms with van der Waals surface area (Å²) in [5, 5.41) is 4.22. The van der Waals surface area contributed by atoms with Crippen LogP contribution in [0.3, 0.4) is 0 Å². The summed E-state index contributed by atoms with van der Waals surface area (Å²) in [5.74, 6) is 0. The number of hydrogen-bond acceptors (Lipinski definition) is 2. The molecule has 0 amide bonds. The molecule has 70 valence electrons. The standard InChI is InChI=1S/C12H10S2/c1-2-5-11(6-3-1)8-10-14-12-7-4-9-13-12/h1-10H/b10-8-. The third-order valence-electron chi connectivity index (χ3n) is 1.74. The second kappa shape index (κ2) is 5.03. The third kappa shape index (κ3) is 2.76. The van der Waals surface area contributed by atoms with Crippen LogP contribution >= 0.6 is 23.1 Å². The van der Waals surface area contributed by atoms with E-state index in [9.17, 15) is 0 Å². The Kier molecular flexibility index (Phi) is 3.44. The zero-order valence-electron chi connectivity index (χ0n) is 7.59. The molecule has 0 N–H and O–H groups in total. The first kappa shape index (κ1) is 9.56.